The molecule has 1 aliphatic heterocycles. The lowest BCUT2D eigenvalue weighted by molar-refractivity contribution is 0.339. The largest absolute Gasteiger partial charge is 0.370 e. The van der Waals surface area contributed by atoms with Crippen LogP contribution in [0.15, 0.2) is 58.3 Å². The molecule has 0 spiro atoms. The van der Waals surface area contributed by atoms with E-state index >= 15 is 0 Å². The van der Waals surface area contributed by atoms with Crippen LogP contribution in [0.1, 0.15) is 17.2 Å². The van der Waals surface area contributed by atoms with E-state index in [1.54, 1.807) is 6.20 Å². The van der Waals surface area contributed by atoms with E-state index in [9.17, 15) is 0 Å². The lowest BCUT2D eigenvalue weighted by Crippen LogP contribution is -2.35. The van der Waals surface area contributed by atoms with Gasteiger partial charge in [-0.3, -0.25) is 9.98 Å². The van der Waals surface area contributed by atoms with Crippen molar-refractivity contribution in [3.63, 3.8) is 0 Å². The molecule has 5 heteroatoms. The maximum Gasteiger partial charge on any atom is 0.192 e. The summed E-state index contributed by atoms with van der Waals surface area (Å²) in [5.41, 5.74) is 8.38. The first-order chi connectivity index (χ1) is 9.74. The third kappa shape index (κ3) is 2.67. The molecule has 4 nitrogen and oxygen atoms in total. The second-order valence-corrected chi connectivity index (χ2v) is 5.68. The Morgan fingerprint density at radius 3 is 2.80 bits per heavy atom. The smallest absolute Gasteiger partial charge is 0.192 e. The Kier molecular flexibility index (Phi) is 3.69. The Hall–Kier alpha value is -1.88. The number of rotatable bonds is 3. The highest BCUT2D eigenvalue weighted by atomic mass is 79.9. The number of nitrogens with zero attached hydrogens (tertiary/aromatic N) is 3. The maximum atomic E-state index is 6.04. The van der Waals surface area contributed by atoms with Crippen LogP contribution in [0.3, 0.4) is 0 Å². The molecule has 2 heterocycles. The highest BCUT2D eigenvalue weighted by Crippen LogP contribution is 2.28. The molecule has 102 valence electrons. The lowest BCUT2D eigenvalue weighted by atomic mass is 10.1. The summed E-state index contributed by atoms with van der Waals surface area (Å²) in [6.07, 6.45) is 3.66. The van der Waals surface area contributed by atoms with Gasteiger partial charge in [-0.25, -0.2) is 0 Å². The van der Waals surface area contributed by atoms with Gasteiger partial charge in [-0.05, 0) is 33.1 Å². The molecule has 0 amide bonds. The molecule has 2 N–H and O–H groups in total. The van der Waals surface area contributed by atoms with Crippen molar-refractivity contribution in [1.29, 1.82) is 0 Å². The van der Waals surface area contributed by atoms with Crippen LogP contribution in [-0.4, -0.2) is 22.4 Å². The topological polar surface area (TPSA) is 54.5 Å². The van der Waals surface area contributed by atoms with Gasteiger partial charge in [0.05, 0.1) is 12.6 Å². The third-order valence-corrected chi connectivity index (χ3v) is 3.84. The van der Waals surface area contributed by atoms with Crippen molar-refractivity contribution in [2.75, 3.05) is 6.54 Å². The predicted molar refractivity (Wildman–Crippen MR) is 83.2 cm³/mol. The van der Waals surface area contributed by atoms with Gasteiger partial charge in [0.1, 0.15) is 0 Å². The molecular weight excluding hydrogens is 316 g/mol. The Morgan fingerprint density at radius 1 is 1.25 bits per heavy atom. The summed E-state index contributed by atoms with van der Waals surface area (Å²) in [5, 5.41) is 0. The van der Waals surface area contributed by atoms with E-state index in [2.05, 4.69) is 49.0 Å². The van der Waals surface area contributed by atoms with Gasteiger partial charge in [0.2, 0.25) is 0 Å². The van der Waals surface area contributed by atoms with E-state index in [-0.39, 0.29) is 6.04 Å². The number of hydrogen-bond donors (Lipinski definition) is 1. The molecule has 0 bridgehead atoms. The Labute approximate surface area is 126 Å². The second-order valence-electron chi connectivity index (χ2n) is 4.76. The number of aliphatic imine (C=N–C) groups is 1. The molecule has 1 aromatic carbocycles. The summed E-state index contributed by atoms with van der Waals surface area (Å²) in [4.78, 5) is 10.7. The summed E-state index contributed by atoms with van der Waals surface area (Å²) in [5.74, 6) is 0.596. The summed E-state index contributed by atoms with van der Waals surface area (Å²) < 4.78 is 0.972. The van der Waals surface area contributed by atoms with E-state index in [4.69, 9.17) is 5.73 Å². The first-order valence-corrected chi connectivity index (χ1v) is 7.24. The SMILES string of the molecule is NC1=NCC(c2cncc(Br)c2)N1Cc1ccccc1. The molecule has 1 aromatic heterocycles. The quantitative estimate of drug-likeness (QED) is 0.941. The van der Waals surface area contributed by atoms with Crippen molar-refractivity contribution >= 4 is 21.9 Å². The number of nitrogens with two attached hydrogens (primary N) is 1. The number of guanidine groups is 1. The standard InChI is InChI=1S/C15H15BrN4/c16-13-6-12(7-18-8-13)14-9-19-15(17)20(14)10-11-4-2-1-3-5-11/h1-8,14H,9-10H2,(H2,17,19). The first kappa shape index (κ1) is 13.1. The Balaban J connectivity index is 1.85. The van der Waals surface area contributed by atoms with Crippen molar-refractivity contribution in [3.8, 4) is 0 Å². The molecule has 1 atom stereocenters. The molecule has 20 heavy (non-hydrogen) atoms. The van der Waals surface area contributed by atoms with Crippen LogP contribution in [0.25, 0.3) is 0 Å². The van der Waals surface area contributed by atoms with Crippen molar-refractivity contribution < 1.29 is 0 Å². The van der Waals surface area contributed by atoms with Crippen LogP contribution < -0.4 is 5.73 Å². The van der Waals surface area contributed by atoms with Gasteiger partial charge in [0.25, 0.3) is 0 Å². The molecule has 0 saturated heterocycles. The average molecular weight is 331 g/mol. The fraction of sp³-hybridized carbons (Fsp3) is 0.200. The molecule has 0 fully saturated rings. The van der Waals surface area contributed by atoms with Crippen molar-refractivity contribution in [2.45, 2.75) is 12.6 Å². The third-order valence-electron chi connectivity index (χ3n) is 3.40. The minimum atomic E-state index is 0.153. The van der Waals surface area contributed by atoms with E-state index in [0.29, 0.717) is 12.5 Å². The fourth-order valence-corrected chi connectivity index (χ4v) is 2.78. The molecule has 0 radical (unpaired) electrons. The summed E-state index contributed by atoms with van der Waals surface area (Å²) >= 11 is 3.46. The van der Waals surface area contributed by atoms with E-state index < -0.39 is 0 Å². The maximum absolute atomic E-state index is 6.04. The summed E-state index contributed by atoms with van der Waals surface area (Å²) in [6, 6.07) is 12.5. The molecule has 1 unspecified atom stereocenters. The Bertz CT molecular complexity index is 627. The number of hydrogen-bond acceptors (Lipinski definition) is 4. The van der Waals surface area contributed by atoms with Crippen LogP contribution in [0.2, 0.25) is 0 Å². The molecule has 0 aliphatic carbocycles. The molecule has 1 aliphatic rings. The zero-order valence-corrected chi connectivity index (χ0v) is 12.5. The highest BCUT2D eigenvalue weighted by Gasteiger charge is 2.27. The first-order valence-electron chi connectivity index (χ1n) is 6.45. The molecule has 0 saturated carbocycles. The second kappa shape index (κ2) is 5.63. The van der Waals surface area contributed by atoms with Crippen LogP contribution in [0.5, 0.6) is 0 Å². The highest BCUT2D eigenvalue weighted by molar-refractivity contribution is 9.10. The number of halogens is 1. The van der Waals surface area contributed by atoms with Crippen LogP contribution in [-0.2, 0) is 6.54 Å². The molecule has 3 rings (SSSR count). The molecular formula is C15H15BrN4. The zero-order chi connectivity index (χ0) is 13.9. The van der Waals surface area contributed by atoms with Crippen molar-refractivity contribution in [3.05, 3.63) is 64.4 Å². The van der Waals surface area contributed by atoms with Gasteiger partial charge in [0.15, 0.2) is 5.96 Å². The van der Waals surface area contributed by atoms with Gasteiger partial charge in [-0.2, -0.15) is 0 Å². The number of pyridine rings is 1. The van der Waals surface area contributed by atoms with E-state index in [0.717, 1.165) is 16.6 Å². The normalized spacial score (nSPS) is 18.1. The summed E-state index contributed by atoms with van der Waals surface area (Å²) in [6.45, 7) is 1.43. The van der Waals surface area contributed by atoms with Crippen molar-refractivity contribution in [2.24, 2.45) is 10.7 Å². The average Bonchev–Trinajstić information content (AvgIpc) is 2.82. The lowest BCUT2D eigenvalue weighted by Gasteiger charge is -2.26. The van der Waals surface area contributed by atoms with Gasteiger partial charge >= 0.3 is 0 Å². The van der Waals surface area contributed by atoms with E-state index in [1.165, 1.54) is 5.56 Å². The van der Waals surface area contributed by atoms with E-state index in [1.807, 2.05) is 24.4 Å². The van der Waals surface area contributed by atoms with Crippen molar-refractivity contribution in [1.82, 2.24) is 9.88 Å². The van der Waals surface area contributed by atoms with Gasteiger partial charge in [-0.15, -0.1) is 0 Å². The van der Waals surface area contributed by atoms with Gasteiger partial charge < -0.3 is 10.6 Å². The van der Waals surface area contributed by atoms with Crippen LogP contribution in [0.4, 0.5) is 0 Å². The predicted octanol–water partition coefficient (Wildman–Crippen LogP) is 2.72. The monoisotopic (exact) mass is 330 g/mol. The molecule has 2 aromatic rings. The zero-order valence-electron chi connectivity index (χ0n) is 10.9. The number of benzene rings is 1. The van der Waals surface area contributed by atoms with Gasteiger partial charge in [0, 0.05) is 23.4 Å². The van der Waals surface area contributed by atoms with Gasteiger partial charge in [-0.1, -0.05) is 30.3 Å². The minimum absolute atomic E-state index is 0.153. The van der Waals surface area contributed by atoms with Crippen LogP contribution >= 0.6 is 15.9 Å². The summed E-state index contributed by atoms with van der Waals surface area (Å²) in [7, 11) is 0. The minimum Gasteiger partial charge on any atom is -0.370 e. The number of aromatic nitrogens is 1. The van der Waals surface area contributed by atoms with Crippen LogP contribution in [0, 0.1) is 0 Å². The Morgan fingerprint density at radius 2 is 2.05 bits per heavy atom. The fourth-order valence-electron chi connectivity index (χ4n) is 2.40.